The van der Waals surface area contributed by atoms with Gasteiger partial charge < -0.3 is 5.11 Å². The van der Waals surface area contributed by atoms with Crippen LogP contribution in [0.3, 0.4) is 0 Å². The lowest BCUT2D eigenvalue weighted by atomic mass is 10.2. The zero-order chi connectivity index (χ0) is 13.5. The van der Waals surface area contributed by atoms with E-state index in [0.717, 1.165) is 10.6 Å². The third-order valence-electron chi connectivity index (χ3n) is 2.42. The Hall–Kier alpha value is -2.69. The van der Waals surface area contributed by atoms with Crippen LogP contribution in [0.5, 0.6) is 0 Å². The first-order valence-electron chi connectivity index (χ1n) is 5.77. The summed E-state index contributed by atoms with van der Waals surface area (Å²) >= 11 is 0. The monoisotopic (exact) mass is 255 g/mol. The fourth-order valence-corrected chi connectivity index (χ4v) is 1.49. The Bertz CT molecular complexity index is 555. The molecule has 2 aromatic carbocycles. The largest absolute Gasteiger partial charge is 0.464 e. The Morgan fingerprint density at radius 3 is 2.16 bits per heavy atom. The van der Waals surface area contributed by atoms with Gasteiger partial charge in [0.1, 0.15) is 0 Å². The number of hydrogen-bond acceptors (Lipinski definition) is 3. The number of amides is 1. The molecule has 0 aliphatic carbocycles. The number of carboxylic acid groups (broad SMARTS) is 1. The standard InChI is InChI=1S/C14H13N3O2/c18-14(19)17(11-12-7-3-1-4-8-12)16-15-13-9-5-2-6-10-13/h1-10H,11H2,(H,18,19). The van der Waals surface area contributed by atoms with Crippen LogP contribution in [0.2, 0.25) is 0 Å². The molecule has 1 N–H and O–H groups in total. The Kier molecular flexibility index (Phi) is 4.23. The molecule has 0 bridgehead atoms. The molecule has 0 heterocycles. The van der Waals surface area contributed by atoms with Crippen LogP contribution in [-0.2, 0) is 6.54 Å². The Balaban J connectivity index is 2.09. The highest BCUT2D eigenvalue weighted by molar-refractivity contribution is 5.64. The van der Waals surface area contributed by atoms with Gasteiger partial charge in [0.05, 0.1) is 12.2 Å². The van der Waals surface area contributed by atoms with Crippen molar-refractivity contribution in [3.63, 3.8) is 0 Å². The molecule has 1 amide bonds. The molecule has 0 fully saturated rings. The normalized spacial score (nSPS) is 10.5. The summed E-state index contributed by atoms with van der Waals surface area (Å²) in [4.78, 5) is 11.1. The molecule has 0 saturated heterocycles. The molecule has 5 nitrogen and oxygen atoms in total. The first kappa shape index (κ1) is 12.8. The van der Waals surface area contributed by atoms with Gasteiger partial charge in [0.25, 0.3) is 0 Å². The fourth-order valence-electron chi connectivity index (χ4n) is 1.49. The Morgan fingerprint density at radius 2 is 1.58 bits per heavy atom. The van der Waals surface area contributed by atoms with Crippen LogP contribution >= 0.6 is 0 Å². The summed E-state index contributed by atoms with van der Waals surface area (Å²) in [6.07, 6.45) is -1.14. The van der Waals surface area contributed by atoms with Gasteiger partial charge in [-0.1, -0.05) is 53.8 Å². The van der Waals surface area contributed by atoms with E-state index in [1.807, 2.05) is 48.5 Å². The third-order valence-corrected chi connectivity index (χ3v) is 2.42. The molecule has 0 aromatic heterocycles. The summed E-state index contributed by atoms with van der Waals surface area (Å²) in [5, 5.41) is 17.6. The van der Waals surface area contributed by atoms with Crippen LogP contribution in [0, 0.1) is 0 Å². The van der Waals surface area contributed by atoms with Gasteiger partial charge in [-0.3, -0.25) is 0 Å². The second-order valence-corrected chi connectivity index (χ2v) is 3.85. The molecule has 0 atom stereocenters. The molecule has 0 unspecified atom stereocenters. The van der Waals surface area contributed by atoms with E-state index in [9.17, 15) is 4.79 Å². The smallest absolute Gasteiger partial charge is 0.429 e. The summed E-state index contributed by atoms with van der Waals surface area (Å²) in [6.45, 7) is 0.173. The zero-order valence-corrected chi connectivity index (χ0v) is 10.2. The summed E-state index contributed by atoms with van der Waals surface area (Å²) in [6, 6.07) is 18.3. The van der Waals surface area contributed by atoms with Gasteiger partial charge in [-0.2, -0.15) is 5.01 Å². The SMILES string of the molecule is O=C(O)N(Cc1ccccc1)N=Nc1ccccc1. The van der Waals surface area contributed by atoms with Crippen molar-refractivity contribution in [1.29, 1.82) is 0 Å². The average molecular weight is 255 g/mol. The van der Waals surface area contributed by atoms with Crippen molar-refractivity contribution in [3.05, 3.63) is 66.2 Å². The van der Waals surface area contributed by atoms with E-state index in [1.165, 1.54) is 0 Å². The minimum absolute atomic E-state index is 0.173. The molecule has 0 aliphatic heterocycles. The lowest BCUT2D eigenvalue weighted by molar-refractivity contribution is 0.140. The first-order valence-corrected chi connectivity index (χ1v) is 5.77. The third kappa shape index (κ3) is 3.92. The molecular formula is C14H13N3O2. The van der Waals surface area contributed by atoms with Crippen LogP contribution in [-0.4, -0.2) is 16.2 Å². The highest BCUT2D eigenvalue weighted by Crippen LogP contribution is 2.12. The average Bonchev–Trinajstić information content (AvgIpc) is 2.45. The zero-order valence-electron chi connectivity index (χ0n) is 10.2. The quantitative estimate of drug-likeness (QED) is 0.665. The maximum atomic E-state index is 11.1. The lowest BCUT2D eigenvalue weighted by Crippen LogP contribution is -2.22. The topological polar surface area (TPSA) is 65.3 Å². The number of rotatable bonds is 4. The molecule has 2 rings (SSSR count). The van der Waals surface area contributed by atoms with Crippen molar-refractivity contribution in [1.82, 2.24) is 5.01 Å². The summed E-state index contributed by atoms with van der Waals surface area (Å²) in [5.74, 6) is 0. The second kappa shape index (κ2) is 6.30. The van der Waals surface area contributed by atoms with E-state index < -0.39 is 6.09 Å². The molecule has 0 spiro atoms. The molecule has 0 aliphatic rings. The summed E-state index contributed by atoms with van der Waals surface area (Å²) in [7, 11) is 0. The second-order valence-electron chi connectivity index (χ2n) is 3.85. The fraction of sp³-hybridized carbons (Fsp3) is 0.0714. The van der Waals surface area contributed by atoms with E-state index >= 15 is 0 Å². The van der Waals surface area contributed by atoms with Crippen molar-refractivity contribution in [2.45, 2.75) is 6.54 Å². The number of nitrogens with zero attached hydrogens (tertiary/aromatic N) is 3. The predicted octanol–water partition coefficient (Wildman–Crippen LogP) is 3.87. The maximum absolute atomic E-state index is 11.1. The highest BCUT2D eigenvalue weighted by Gasteiger charge is 2.11. The molecule has 0 saturated carbocycles. The predicted molar refractivity (Wildman–Crippen MR) is 71.0 cm³/mol. The van der Waals surface area contributed by atoms with Crippen molar-refractivity contribution < 1.29 is 9.90 Å². The van der Waals surface area contributed by atoms with Crippen LogP contribution < -0.4 is 0 Å². The molecule has 2 aromatic rings. The summed E-state index contributed by atoms with van der Waals surface area (Å²) < 4.78 is 0. The van der Waals surface area contributed by atoms with E-state index in [4.69, 9.17) is 5.11 Å². The minimum Gasteiger partial charge on any atom is -0.464 e. The van der Waals surface area contributed by atoms with Crippen molar-refractivity contribution in [3.8, 4) is 0 Å². The van der Waals surface area contributed by atoms with Gasteiger partial charge in [-0.05, 0) is 17.7 Å². The molecule has 19 heavy (non-hydrogen) atoms. The molecular weight excluding hydrogens is 242 g/mol. The summed E-state index contributed by atoms with van der Waals surface area (Å²) in [5.41, 5.74) is 1.47. The van der Waals surface area contributed by atoms with Crippen LogP contribution in [0.4, 0.5) is 10.5 Å². The molecule has 0 radical (unpaired) electrons. The van der Waals surface area contributed by atoms with E-state index in [0.29, 0.717) is 5.69 Å². The molecule has 5 heteroatoms. The van der Waals surface area contributed by atoms with E-state index in [2.05, 4.69) is 10.3 Å². The van der Waals surface area contributed by atoms with Gasteiger partial charge in [-0.15, -0.1) is 5.11 Å². The van der Waals surface area contributed by atoms with Crippen LogP contribution in [0.25, 0.3) is 0 Å². The van der Waals surface area contributed by atoms with Crippen molar-refractivity contribution in [2.75, 3.05) is 0 Å². The van der Waals surface area contributed by atoms with Gasteiger partial charge in [0, 0.05) is 0 Å². The highest BCUT2D eigenvalue weighted by atomic mass is 16.4. The first-order chi connectivity index (χ1) is 9.25. The molecule has 96 valence electrons. The van der Waals surface area contributed by atoms with Gasteiger partial charge in [0.15, 0.2) is 0 Å². The lowest BCUT2D eigenvalue weighted by Gasteiger charge is -2.11. The Labute approximate surface area is 110 Å². The maximum Gasteiger partial charge on any atom is 0.429 e. The number of hydrogen-bond donors (Lipinski definition) is 1. The number of benzene rings is 2. The van der Waals surface area contributed by atoms with Crippen molar-refractivity contribution >= 4 is 11.8 Å². The Morgan fingerprint density at radius 1 is 1.00 bits per heavy atom. The van der Waals surface area contributed by atoms with Gasteiger partial charge in [-0.25, -0.2) is 4.79 Å². The number of carbonyl (C=O) groups is 1. The van der Waals surface area contributed by atoms with E-state index in [1.54, 1.807) is 12.1 Å². The van der Waals surface area contributed by atoms with Gasteiger partial charge >= 0.3 is 6.09 Å². The van der Waals surface area contributed by atoms with Crippen LogP contribution in [0.1, 0.15) is 5.56 Å². The van der Waals surface area contributed by atoms with Gasteiger partial charge in [0.2, 0.25) is 0 Å². The minimum atomic E-state index is -1.14. The van der Waals surface area contributed by atoms with E-state index in [-0.39, 0.29) is 6.54 Å². The van der Waals surface area contributed by atoms with Crippen molar-refractivity contribution in [2.24, 2.45) is 10.3 Å². The van der Waals surface area contributed by atoms with Crippen LogP contribution in [0.15, 0.2) is 71.0 Å².